The summed E-state index contributed by atoms with van der Waals surface area (Å²) in [5, 5.41) is 5.43. The molecule has 4 aromatic rings. The summed E-state index contributed by atoms with van der Waals surface area (Å²) in [6.07, 6.45) is 10.0. The molecule has 0 aliphatic carbocycles. The largest absolute Gasteiger partial charge is 0.382 e. The standard InChI is InChI=1S/C23H19N7O2/c1-3-18(31)27-14(2)22-29-19(20-21(24)26-12-13-30(20)22)15-7-9-16(10-8-15)23(32)28-17-6-4-5-11-25-17/h1,4-14H,2H3,(H2,24,26)(H,27,31)(H,25,28,32)/t14-/m0/s1. The van der Waals surface area contributed by atoms with Crippen molar-refractivity contribution in [3.63, 3.8) is 0 Å². The van der Waals surface area contributed by atoms with E-state index in [1.54, 1.807) is 72.4 Å². The molecule has 1 atom stereocenters. The number of fused-ring (bicyclic) bond motifs is 1. The van der Waals surface area contributed by atoms with Crippen molar-refractivity contribution in [1.82, 2.24) is 24.7 Å². The molecule has 0 saturated carbocycles. The number of nitrogen functional groups attached to an aromatic ring is 1. The first-order valence-corrected chi connectivity index (χ1v) is 9.70. The molecule has 0 aliphatic heterocycles. The average Bonchev–Trinajstić information content (AvgIpc) is 3.21. The molecule has 0 aliphatic rings. The minimum atomic E-state index is -0.541. The molecule has 0 fully saturated rings. The maximum atomic E-state index is 12.5. The number of nitrogens with one attached hydrogen (secondary N) is 2. The van der Waals surface area contributed by atoms with Crippen molar-refractivity contribution in [3.05, 3.63) is 72.4 Å². The Morgan fingerprint density at radius 3 is 2.59 bits per heavy atom. The Morgan fingerprint density at radius 1 is 1.12 bits per heavy atom. The van der Waals surface area contributed by atoms with Gasteiger partial charge in [0, 0.05) is 29.7 Å². The van der Waals surface area contributed by atoms with Gasteiger partial charge < -0.3 is 16.4 Å². The highest BCUT2D eigenvalue weighted by molar-refractivity contribution is 6.04. The number of amides is 2. The maximum Gasteiger partial charge on any atom is 0.296 e. The first kappa shape index (κ1) is 20.6. The van der Waals surface area contributed by atoms with Crippen LogP contribution in [0.15, 0.2) is 61.1 Å². The topological polar surface area (TPSA) is 127 Å². The van der Waals surface area contributed by atoms with Gasteiger partial charge in [0.2, 0.25) is 0 Å². The number of hydrogen-bond donors (Lipinski definition) is 3. The molecule has 2 amide bonds. The fourth-order valence-corrected chi connectivity index (χ4v) is 3.30. The molecular weight excluding hydrogens is 406 g/mol. The first-order valence-electron chi connectivity index (χ1n) is 9.70. The number of terminal acetylenes is 1. The molecule has 4 N–H and O–H groups in total. The number of imidazole rings is 1. The van der Waals surface area contributed by atoms with Crippen LogP contribution in [0.2, 0.25) is 0 Å². The molecule has 1 aromatic carbocycles. The van der Waals surface area contributed by atoms with Crippen LogP contribution in [0, 0.1) is 12.3 Å². The number of carbonyl (C=O) groups is 2. The number of nitrogens with zero attached hydrogens (tertiary/aromatic N) is 4. The van der Waals surface area contributed by atoms with Crippen molar-refractivity contribution >= 4 is 29.0 Å². The molecule has 4 rings (SSSR count). The Balaban J connectivity index is 1.68. The van der Waals surface area contributed by atoms with Crippen LogP contribution < -0.4 is 16.4 Å². The van der Waals surface area contributed by atoms with E-state index in [4.69, 9.17) is 17.1 Å². The number of carbonyl (C=O) groups excluding carboxylic acids is 2. The summed E-state index contributed by atoms with van der Waals surface area (Å²) in [7, 11) is 0. The Hall–Kier alpha value is -4.71. The molecule has 0 bridgehead atoms. The number of benzene rings is 1. The predicted octanol–water partition coefficient (Wildman–Crippen LogP) is 2.44. The van der Waals surface area contributed by atoms with Gasteiger partial charge in [0.1, 0.15) is 28.7 Å². The highest BCUT2D eigenvalue weighted by Crippen LogP contribution is 2.30. The number of anilines is 2. The Kier molecular flexibility index (Phi) is 5.51. The fraction of sp³-hybridized carbons (Fsp3) is 0.0870. The van der Waals surface area contributed by atoms with Gasteiger partial charge in [-0.2, -0.15) is 0 Å². The minimum absolute atomic E-state index is 0.280. The summed E-state index contributed by atoms with van der Waals surface area (Å²) < 4.78 is 1.76. The van der Waals surface area contributed by atoms with Crippen LogP contribution in [-0.2, 0) is 4.79 Å². The molecule has 0 unspecified atom stereocenters. The SMILES string of the molecule is C#CC(=O)N[C@@H](C)c1nc(-c2ccc(C(=O)Nc3ccccn3)cc2)c2c(N)nccn12. The Bertz CT molecular complexity index is 1340. The van der Waals surface area contributed by atoms with Gasteiger partial charge in [-0.1, -0.05) is 18.2 Å². The first-order chi connectivity index (χ1) is 15.5. The molecule has 32 heavy (non-hydrogen) atoms. The molecule has 3 heterocycles. The van der Waals surface area contributed by atoms with Gasteiger partial charge >= 0.3 is 0 Å². The summed E-state index contributed by atoms with van der Waals surface area (Å²) in [5.41, 5.74) is 8.50. The number of aromatic nitrogens is 4. The third-order valence-corrected chi connectivity index (χ3v) is 4.80. The number of nitrogens with two attached hydrogens (primary N) is 1. The zero-order valence-corrected chi connectivity index (χ0v) is 17.1. The third-order valence-electron chi connectivity index (χ3n) is 4.80. The predicted molar refractivity (Wildman–Crippen MR) is 120 cm³/mol. The molecule has 0 spiro atoms. The van der Waals surface area contributed by atoms with Crippen LogP contribution in [-0.4, -0.2) is 31.2 Å². The normalized spacial score (nSPS) is 11.5. The second-order valence-corrected chi connectivity index (χ2v) is 6.94. The van der Waals surface area contributed by atoms with Crippen molar-refractivity contribution in [2.75, 3.05) is 11.1 Å². The molecule has 3 aromatic heterocycles. The molecule has 0 radical (unpaired) electrons. The van der Waals surface area contributed by atoms with E-state index >= 15 is 0 Å². The van der Waals surface area contributed by atoms with Crippen molar-refractivity contribution in [2.45, 2.75) is 13.0 Å². The lowest BCUT2D eigenvalue weighted by molar-refractivity contribution is -0.116. The van der Waals surface area contributed by atoms with Crippen molar-refractivity contribution in [1.29, 1.82) is 0 Å². The van der Waals surface area contributed by atoms with E-state index in [0.717, 1.165) is 5.56 Å². The van der Waals surface area contributed by atoms with E-state index in [2.05, 4.69) is 20.6 Å². The van der Waals surface area contributed by atoms with E-state index < -0.39 is 11.9 Å². The van der Waals surface area contributed by atoms with Crippen LogP contribution in [0.1, 0.15) is 29.1 Å². The van der Waals surface area contributed by atoms with Crippen LogP contribution >= 0.6 is 0 Å². The smallest absolute Gasteiger partial charge is 0.296 e. The van der Waals surface area contributed by atoms with Gasteiger partial charge in [0.15, 0.2) is 0 Å². The molecule has 0 saturated heterocycles. The quantitative estimate of drug-likeness (QED) is 0.422. The average molecular weight is 425 g/mol. The third kappa shape index (κ3) is 3.97. The van der Waals surface area contributed by atoms with E-state index in [1.807, 2.05) is 5.92 Å². The maximum absolute atomic E-state index is 12.5. The highest BCUT2D eigenvalue weighted by Gasteiger charge is 2.21. The number of hydrogen-bond acceptors (Lipinski definition) is 6. The van der Waals surface area contributed by atoms with Crippen LogP contribution in [0.25, 0.3) is 16.8 Å². The van der Waals surface area contributed by atoms with Gasteiger partial charge in [-0.3, -0.25) is 14.0 Å². The summed E-state index contributed by atoms with van der Waals surface area (Å²) >= 11 is 0. The van der Waals surface area contributed by atoms with E-state index in [-0.39, 0.29) is 11.7 Å². The van der Waals surface area contributed by atoms with Gasteiger partial charge in [0.25, 0.3) is 11.8 Å². The molecular formula is C23H19N7O2. The van der Waals surface area contributed by atoms with E-state index in [1.165, 1.54) is 0 Å². The molecule has 9 nitrogen and oxygen atoms in total. The van der Waals surface area contributed by atoms with Crippen molar-refractivity contribution in [3.8, 4) is 23.6 Å². The van der Waals surface area contributed by atoms with Gasteiger partial charge in [0.05, 0.1) is 6.04 Å². The van der Waals surface area contributed by atoms with Crippen LogP contribution in [0.4, 0.5) is 11.6 Å². The Morgan fingerprint density at radius 2 is 1.91 bits per heavy atom. The van der Waals surface area contributed by atoms with Gasteiger partial charge in [-0.15, -0.1) is 6.42 Å². The second kappa shape index (κ2) is 8.57. The zero-order valence-electron chi connectivity index (χ0n) is 17.1. The minimum Gasteiger partial charge on any atom is -0.382 e. The summed E-state index contributed by atoms with van der Waals surface area (Å²) in [6, 6.07) is 11.7. The Labute approximate surface area is 183 Å². The summed E-state index contributed by atoms with van der Waals surface area (Å²) in [6.45, 7) is 1.77. The van der Waals surface area contributed by atoms with Crippen LogP contribution in [0.3, 0.4) is 0 Å². The van der Waals surface area contributed by atoms with Gasteiger partial charge in [-0.25, -0.2) is 15.0 Å². The monoisotopic (exact) mass is 425 g/mol. The molecule has 9 heteroatoms. The lowest BCUT2D eigenvalue weighted by atomic mass is 10.1. The van der Waals surface area contributed by atoms with Crippen molar-refractivity contribution in [2.24, 2.45) is 0 Å². The van der Waals surface area contributed by atoms with Crippen LogP contribution in [0.5, 0.6) is 0 Å². The lowest BCUT2D eigenvalue weighted by Gasteiger charge is -2.10. The summed E-state index contributed by atoms with van der Waals surface area (Å²) in [4.78, 5) is 37.1. The number of rotatable bonds is 5. The zero-order chi connectivity index (χ0) is 22.7. The van der Waals surface area contributed by atoms with E-state index in [0.29, 0.717) is 28.4 Å². The highest BCUT2D eigenvalue weighted by atomic mass is 16.2. The number of pyridine rings is 1. The van der Waals surface area contributed by atoms with Crippen molar-refractivity contribution < 1.29 is 9.59 Å². The lowest BCUT2D eigenvalue weighted by Crippen LogP contribution is -2.26. The molecule has 158 valence electrons. The van der Waals surface area contributed by atoms with E-state index in [9.17, 15) is 9.59 Å². The second-order valence-electron chi connectivity index (χ2n) is 6.94. The fourth-order valence-electron chi connectivity index (χ4n) is 3.30. The van der Waals surface area contributed by atoms with Gasteiger partial charge in [-0.05, 0) is 37.1 Å². The summed E-state index contributed by atoms with van der Waals surface area (Å²) in [5.74, 6) is 2.51.